The maximum Gasteiger partial charge on any atom is 0.394 e. The standard InChI is InChI=1S/C38H45N3O8.C32H40N2O8.C6H7NO/c1-37(2,3)48-33(43)20-25-14-8-5-4-6-9-15-26-22-38(26,35(45)40-49-27-16-10-7-11-17-27)23-31(42)30-21-28(24-41(30)34(25)44)46-36-39-29-18-12-13-19-32(29)47-36;1-31(2,3)42-27(36)15-20-11-7-5-4-6-8-12-21-17-32(21,29(38)39)18-25(35)24-16-22(19-34(24)28(20)37)40-30-33-23-13-9-10-14-26(23)41-30;7-8-6-4-2-1-3-5-6/h7,9-13,15-19,25-26,28,30H,4-6,8,14,20-24H2,1-3H3,(H,40,45);8-10,12-14,20-22,24H,4-7,11,15-19H2,1-3H3,(H,38,39);1-5H,7H2/b15-9-;12-8-;/t25-,26-,28-,30+,38-;20-,21-,22-,24+,32-;/m11./s1. The predicted molar refractivity (Wildman–Crippen MR) is 364 cm³/mol. The number of nitrogens with one attached hydrogen (secondary N) is 1. The third-order valence-corrected chi connectivity index (χ3v) is 18.9. The van der Waals surface area contributed by atoms with Crippen LogP contribution in [0.15, 0.2) is 142 Å². The molecule has 99 heavy (non-hydrogen) atoms. The van der Waals surface area contributed by atoms with Crippen LogP contribution in [-0.4, -0.2) is 121 Å². The zero-order chi connectivity index (χ0) is 70.5. The van der Waals surface area contributed by atoms with Crippen molar-refractivity contribution >= 4 is 69.4 Å². The van der Waals surface area contributed by atoms with Crippen LogP contribution in [0.4, 0.5) is 0 Å². The second-order valence-electron chi connectivity index (χ2n) is 28.8. The normalized spacial score (nSPS) is 26.6. The number of nitrogens with zero attached hydrogens (tertiary/aromatic N) is 4. The molecule has 0 radical (unpaired) electrons. The monoisotopic (exact) mass is 1360 g/mol. The van der Waals surface area contributed by atoms with Gasteiger partial charge in [0.1, 0.15) is 40.2 Å². The average Bonchev–Trinajstić information content (AvgIpc) is 1.59. The molecule has 6 heterocycles. The van der Waals surface area contributed by atoms with E-state index in [1.54, 1.807) is 101 Å². The Bertz CT molecular complexity index is 3810. The molecule has 528 valence electrons. The molecule has 6 aromatic rings. The van der Waals surface area contributed by atoms with Crippen molar-refractivity contribution in [1.82, 2.24) is 25.2 Å². The lowest BCUT2D eigenvalue weighted by atomic mass is 9.90. The van der Waals surface area contributed by atoms with E-state index >= 15 is 0 Å². The van der Waals surface area contributed by atoms with Gasteiger partial charge < -0.3 is 52.4 Å². The summed E-state index contributed by atoms with van der Waals surface area (Å²) in [6.07, 6.45) is 15.4. The summed E-state index contributed by atoms with van der Waals surface area (Å²) >= 11 is 0. The van der Waals surface area contributed by atoms with Crippen molar-refractivity contribution in [3.8, 4) is 23.7 Å². The summed E-state index contributed by atoms with van der Waals surface area (Å²) in [5.41, 5.74) is 1.41. The molecule has 4 aromatic carbocycles. The smallest absolute Gasteiger partial charge is 0.394 e. The first-order chi connectivity index (χ1) is 47.4. The zero-order valence-corrected chi connectivity index (χ0v) is 57.3. The Morgan fingerprint density at radius 1 is 0.576 bits per heavy atom. The lowest BCUT2D eigenvalue weighted by Crippen LogP contribution is -2.46. The van der Waals surface area contributed by atoms with Gasteiger partial charge in [-0.25, -0.2) is 0 Å². The lowest BCUT2D eigenvalue weighted by molar-refractivity contribution is -0.159. The number of amides is 3. The second-order valence-corrected chi connectivity index (χ2v) is 28.8. The van der Waals surface area contributed by atoms with Gasteiger partial charge in [-0.05, 0) is 153 Å². The van der Waals surface area contributed by atoms with Gasteiger partial charge in [0, 0.05) is 37.5 Å². The molecule has 2 saturated carbocycles. The summed E-state index contributed by atoms with van der Waals surface area (Å²) < 4.78 is 34.9. The van der Waals surface area contributed by atoms with Gasteiger partial charge in [-0.15, -0.1) is 0 Å². The summed E-state index contributed by atoms with van der Waals surface area (Å²) in [6, 6.07) is 30.9. The van der Waals surface area contributed by atoms with Crippen LogP contribution in [0.25, 0.3) is 22.2 Å². The van der Waals surface area contributed by atoms with Crippen molar-refractivity contribution in [3.05, 3.63) is 133 Å². The Morgan fingerprint density at radius 2 is 1.00 bits per heavy atom. The number of hydrogen-bond acceptors (Lipinski definition) is 19. The molecule has 2 aliphatic carbocycles. The molecule has 4 aliphatic heterocycles. The quantitative estimate of drug-likeness (QED) is 0.0549. The SMILES string of the molecule is CC(C)(C)OC(=O)C[C@H]1CCCCC/C=C\[C@@H]2C[C@@]2(C(=O)NOc2ccccc2)CC(=O)[C@@H]2C[C@@H](Oc3nc4ccccc4o3)CN2C1=O.CC(C)(C)OC(=O)C[C@H]1CCCCC/C=C\[C@@H]2C[C@@]2(C(=O)O)CC(=O)[C@@H]2C[C@@H](Oc3nc4ccccc4o3)CN2C1=O.NOc1ccccc1. The van der Waals surface area contributed by atoms with E-state index in [4.69, 9.17) is 38.5 Å². The minimum absolute atomic E-state index is 0.0449. The number of para-hydroxylation sites is 6. The number of ketones is 2. The lowest BCUT2D eigenvalue weighted by Gasteiger charge is -2.29. The minimum atomic E-state index is -1.16. The molecule has 0 unspecified atom stereocenters. The van der Waals surface area contributed by atoms with Crippen LogP contribution in [-0.2, 0) is 47.8 Å². The van der Waals surface area contributed by atoms with Crippen molar-refractivity contribution in [2.75, 3.05) is 13.1 Å². The number of oxazole rings is 2. The third-order valence-electron chi connectivity index (χ3n) is 18.9. The van der Waals surface area contributed by atoms with E-state index in [9.17, 15) is 43.5 Å². The van der Waals surface area contributed by atoms with E-state index in [1.165, 1.54) is 4.90 Å². The Labute approximate surface area is 576 Å². The molecule has 23 heteroatoms. The molecular formula is C76H92N6O17. The number of nitrogens with two attached hydrogens (primary N) is 1. The van der Waals surface area contributed by atoms with Crippen LogP contribution in [0.1, 0.15) is 157 Å². The first-order valence-corrected chi connectivity index (χ1v) is 34.5. The summed E-state index contributed by atoms with van der Waals surface area (Å²) in [6.45, 7) is 10.9. The summed E-state index contributed by atoms with van der Waals surface area (Å²) in [7, 11) is 0. The van der Waals surface area contributed by atoms with Gasteiger partial charge in [0.25, 0.3) is 5.91 Å². The van der Waals surface area contributed by atoms with Gasteiger partial charge in [-0.2, -0.15) is 21.3 Å². The van der Waals surface area contributed by atoms with Crippen molar-refractivity contribution in [3.63, 3.8) is 0 Å². The Hall–Kier alpha value is -9.38. The average molecular weight is 1360 g/mol. The Morgan fingerprint density at radius 3 is 1.43 bits per heavy atom. The highest BCUT2D eigenvalue weighted by atomic mass is 16.7. The first kappa shape index (κ1) is 72.4. The van der Waals surface area contributed by atoms with Crippen molar-refractivity contribution < 1.29 is 80.9 Å². The zero-order valence-electron chi connectivity index (χ0n) is 57.3. The molecule has 2 aromatic heterocycles. The second kappa shape index (κ2) is 32.1. The van der Waals surface area contributed by atoms with Gasteiger partial charge >= 0.3 is 30.1 Å². The molecule has 12 rings (SSSR count). The number of carboxylic acid groups (broad SMARTS) is 1. The third kappa shape index (κ3) is 19.3. The number of aliphatic carboxylic acids is 1. The largest absolute Gasteiger partial charge is 0.481 e. The maximum absolute atomic E-state index is 14.4. The number of esters is 2. The van der Waals surface area contributed by atoms with Crippen molar-refractivity contribution in [2.24, 2.45) is 40.4 Å². The van der Waals surface area contributed by atoms with Crippen LogP contribution in [0.5, 0.6) is 23.7 Å². The molecule has 6 aliphatic rings. The number of carbonyl (C=O) groups excluding carboxylic acids is 7. The number of allylic oxidation sites excluding steroid dienone is 4. The summed E-state index contributed by atoms with van der Waals surface area (Å²) in [5, 5.41) is 10.1. The number of benzene rings is 4. The predicted octanol–water partition coefficient (Wildman–Crippen LogP) is 12.2. The number of rotatable bonds is 13. The number of carbonyl (C=O) groups is 8. The number of fused-ring (bicyclic) bond motifs is 6. The van der Waals surface area contributed by atoms with Gasteiger partial charge in [-0.1, -0.05) is 111 Å². The van der Waals surface area contributed by atoms with Crippen molar-refractivity contribution in [1.29, 1.82) is 0 Å². The van der Waals surface area contributed by atoms with E-state index in [0.29, 0.717) is 59.4 Å². The molecule has 0 spiro atoms. The van der Waals surface area contributed by atoms with Crippen LogP contribution in [0.2, 0.25) is 0 Å². The van der Waals surface area contributed by atoms with E-state index in [-0.39, 0.29) is 105 Å². The highest BCUT2D eigenvalue weighted by Crippen LogP contribution is 2.58. The molecule has 2 saturated heterocycles. The maximum atomic E-state index is 14.4. The van der Waals surface area contributed by atoms with Crippen LogP contribution >= 0.6 is 0 Å². The van der Waals surface area contributed by atoms with Crippen LogP contribution < -0.4 is 30.5 Å². The highest BCUT2D eigenvalue weighted by Gasteiger charge is 2.62. The van der Waals surface area contributed by atoms with Crippen molar-refractivity contribution in [2.45, 2.75) is 193 Å². The Kier molecular flexibility index (Phi) is 23.5. The first-order valence-electron chi connectivity index (χ1n) is 34.5. The fraction of sp³-hybridized carbons (Fsp3) is 0.500. The Balaban J connectivity index is 0.000000194. The molecule has 23 nitrogen and oxygen atoms in total. The van der Waals surface area contributed by atoms with E-state index in [0.717, 1.165) is 51.4 Å². The van der Waals surface area contributed by atoms with Gasteiger partial charge in [-0.3, -0.25) is 38.4 Å². The molecule has 10 atom stereocenters. The van der Waals surface area contributed by atoms with E-state index in [1.807, 2.05) is 72.8 Å². The molecule has 4 fully saturated rings. The minimum Gasteiger partial charge on any atom is -0.481 e. The molecule has 4 N–H and O–H groups in total. The fourth-order valence-corrected chi connectivity index (χ4v) is 13.7. The molecular weight excluding hydrogens is 1270 g/mol. The summed E-state index contributed by atoms with van der Waals surface area (Å²) in [4.78, 5) is 130. The van der Waals surface area contributed by atoms with Gasteiger partial charge in [0.15, 0.2) is 28.5 Å². The van der Waals surface area contributed by atoms with Gasteiger partial charge in [0.2, 0.25) is 11.8 Å². The number of ether oxygens (including phenoxy) is 4. The fourth-order valence-electron chi connectivity index (χ4n) is 13.7. The van der Waals surface area contributed by atoms with Crippen LogP contribution in [0.3, 0.4) is 0 Å². The number of carboxylic acids is 1. The number of hydrogen-bond donors (Lipinski definition) is 3. The van der Waals surface area contributed by atoms with E-state index in [2.05, 4.69) is 26.4 Å². The highest BCUT2D eigenvalue weighted by molar-refractivity contribution is 5.98. The van der Waals surface area contributed by atoms with Crippen LogP contribution in [0, 0.1) is 34.5 Å². The molecule has 3 amide bonds. The van der Waals surface area contributed by atoms with E-state index < -0.39 is 76.1 Å². The van der Waals surface area contributed by atoms with Gasteiger partial charge in [0.05, 0.1) is 48.8 Å². The summed E-state index contributed by atoms with van der Waals surface area (Å²) in [5.74, 6) is 0.892. The number of Topliss-reactive ketones (excluding diaryl/α,β-unsaturated/α-hetero) is 2. The number of hydroxylamine groups is 1. The number of aromatic nitrogens is 2. The molecule has 0 bridgehead atoms. The topological polar surface area (TPSA) is 309 Å².